The lowest BCUT2D eigenvalue weighted by atomic mass is 10.2. The smallest absolute Gasteiger partial charge is 0.219 e. The summed E-state index contributed by atoms with van der Waals surface area (Å²) in [4.78, 5) is 4.56. The molecule has 0 aromatic carbocycles. The zero-order valence-corrected chi connectivity index (χ0v) is 13.1. The molecular formula is C16H22N4O. The van der Waals surface area contributed by atoms with E-state index in [0.717, 1.165) is 29.4 Å². The fourth-order valence-corrected chi connectivity index (χ4v) is 2.36. The van der Waals surface area contributed by atoms with E-state index >= 15 is 0 Å². The summed E-state index contributed by atoms with van der Waals surface area (Å²) in [6.45, 7) is 6.85. The number of pyridine rings is 1. The number of hydrogen-bond donors (Lipinski definition) is 1. The van der Waals surface area contributed by atoms with E-state index in [1.54, 1.807) is 0 Å². The van der Waals surface area contributed by atoms with Gasteiger partial charge in [0.15, 0.2) is 5.75 Å². The molecule has 0 radical (unpaired) electrons. The van der Waals surface area contributed by atoms with Gasteiger partial charge >= 0.3 is 0 Å². The van der Waals surface area contributed by atoms with E-state index in [4.69, 9.17) is 4.74 Å². The summed E-state index contributed by atoms with van der Waals surface area (Å²) in [5, 5.41) is 7.87. The lowest BCUT2D eigenvalue weighted by Crippen LogP contribution is -2.16. The number of nitrogens with one attached hydrogen (secondary N) is 1. The molecule has 112 valence electrons. The second kappa shape index (κ2) is 5.48. The Kier molecular flexibility index (Phi) is 3.68. The monoisotopic (exact) mass is 286 g/mol. The van der Waals surface area contributed by atoms with E-state index in [2.05, 4.69) is 21.5 Å². The van der Waals surface area contributed by atoms with E-state index in [9.17, 15) is 0 Å². The molecule has 0 saturated heterocycles. The Labute approximate surface area is 125 Å². The van der Waals surface area contributed by atoms with E-state index in [0.29, 0.717) is 11.9 Å². The maximum absolute atomic E-state index is 5.92. The predicted molar refractivity (Wildman–Crippen MR) is 81.6 cm³/mol. The Bertz CT molecular complexity index is 659. The van der Waals surface area contributed by atoms with Crippen LogP contribution in [0.2, 0.25) is 0 Å². The molecule has 5 nitrogen and oxygen atoms in total. The average molecular weight is 286 g/mol. The lowest BCUT2D eigenvalue weighted by molar-refractivity contribution is 0.453. The predicted octanol–water partition coefficient (Wildman–Crippen LogP) is 2.78. The van der Waals surface area contributed by atoms with Crippen LogP contribution in [-0.2, 0) is 13.6 Å². The van der Waals surface area contributed by atoms with Crippen molar-refractivity contribution in [3.05, 3.63) is 34.8 Å². The molecule has 0 aliphatic heterocycles. The van der Waals surface area contributed by atoms with Gasteiger partial charge in [-0.15, -0.1) is 0 Å². The van der Waals surface area contributed by atoms with Crippen LogP contribution in [0.25, 0.3) is 0 Å². The van der Waals surface area contributed by atoms with Gasteiger partial charge in [-0.05, 0) is 39.2 Å². The van der Waals surface area contributed by atoms with Crippen LogP contribution in [0.1, 0.15) is 35.5 Å². The SMILES string of the molecule is Cc1nc(Oc2c(C)nn(C)c2C)ccc1CNC1CC1. The Morgan fingerprint density at radius 3 is 2.57 bits per heavy atom. The van der Waals surface area contributed by atoms with Crippen molar-refractivity contribution in [1.82, 2.24) is 20.1 Å². The molecular weight excluding hydrogens is 264 g/mol. The summed E-state index contributed by atoms with van der Waals surface area (Å²) in [7, 11) is 1.92. The molecule has 1 N–H and O–H groups in total. The van der Waals surface area contributed by atoms with Gasteiger partial charge in [-0.25, -0.2) is 4.98 Å². The van der Waals surface area contributed by atoms with Crippen molar-refractivity contribution in [1.29, 1.82) is 0 Å². The van der Waals surface area contributed by atoms with Crippen molar-refractivity contribution < 1.29 is 4.74 Å². The molecule has 2 aromatic heterocycles. The first-order valence-electron chi connectivity index (χ1n) is 7.42. The van der Waals surface area contributed by atoms with Crippen LogP contribution in [0.5, 0.6) is 11.6 Å². The molecule has 0 amide bonds. The second-order valence-corrected chi connectivity index (χ2v) is 5.77. The maximum Gasteiger partial charge on any atom is 0.219 e. The van der Waals surface area contributed by atoms with Crippen LogP contribution < -0.4 is 10.1 Å². The van der Waals surface area contributed by atoms with Gasteiger partial charge in [-0.1, -0.05) is 6.07 Å². The zero-order chi connectivity index (χ0) is 15.0. The minimum atomic E-state index is 0.627. The van der Waals surface area contributed by atoms with E-state index in [-0.39, 0.29) is 0 Å². The molecule has 0 atom stereocenters. The fraction of sp³-hybridized carbons (Fsp3) is 0.500. The first kappa shape index (κ1) is 14.1. The van der Waals surface area contributed by atoms with Crippen molar-refractivity contribution in [2.45, 2.75) is 46.2 Å². The standard InChI is InChI=1S/C16H22N4O/c1-10-13(9-17-14-6-7-14)5-8-15(18-10)21-16-11(2)19-20(4)12(16)3/h5,8,14,17H,6-7,9H2,1-4H3. The van der Waals surface area contributed by atoms with Gasteiger partial charge in [0.05, 0.1) is 5.69 Å². The van der Waals surface area contributed by atoms with Crippen LogP contribution >= 0.6 is 0 Å². The van der Waals surface area contributed by atoms with Crippen LogP contribution in [0.3, 0.4) is 0 Å². The summed E-state index contributed by atoms with van der Waals surface area (Å²) in [6.07, 6.45) is 2.60. The summed E-state index contributed by atoms with van der Waals surface area (Å²) in [5.41, 5.74) is 4.13. The van der Waals surface area contributed by atoms with Crippen LogP contribution in [0.4, 0.5) is 0 Å². The first-order valence-corrected chi connectivity index (χ1v) is 7.42. The normalized spacial score (nSPS) is 14.5. The molecule has 1 aliphatic rings. The van der Waals surface area contributed by atoms with Crippen molar-refractivity contribution in [3.63, 3.8) is 0 Å². The zero-order valence-electron chi connectivity index (χ0n) is 13.1. The Hall–Kier alpha value is -1.88. The Morgan fingerprint density at radius 1 is 1.24 bits per heavy atom. The van der Waals surface area contributed by atoms with Gasteiger partial charge in [0, 0.05) is 31.4 Å². The molecule has 1 aliphatic carbocycles. The highest BCUT2D eigenvalue weighted by Crippen LogP contribution is 2.27. The summed E-state index contributed by atoms with van der Waals surface area (Å²) < 4.78 is 7.74. The molecule has 2 heterocycles. The van der Waals surface area contributed by atoms with Gasteiger partial charge in [-0.2, -0.15) is 5.10 Å². The van der Waals surface area contributed by atoms with Crippen molar-refractivity contribution >= 4 is 0 Å². The Balaban J connectivity index is 1.74. The number of rotatable bonds is 5. The highest BCUT2D eigenvalue weighted by molar-refractivity contribution is 5.36. The summed E-state index contributed by atoms with van der Waals surface area (Å²) in [6, 6.07) is 4.73. The number of hydrogen-bond acceptors (Lipinski definition) is 4. The molecule has 5 heteroatoms. The number of aryl methyl sites for hydroxylation is 3. The lowest BCUT2D eigenvalue weighted by Gasteiger charge is -2.10. The van der Waals surface area contributed by atoms with E-state index in [1.165, 1.54) is 18.4 Å². The molecule has 0 bridgehead atoms. The average Bonchev–Trinajstić information content (AvgIpc) is 3.23. The van der Waals surface area contributed by atoms with Gasteiger partial charge in [0.2, 0.25) is 5.88 Å². The number of aromatic nitrogens is 3. The van der Waals surface area contributed by atoms with Gasteiger partial charge < -0.3 is 10.1 Å². The number of ether oxygens (including phenoxy) is 1. The molecule has 0 unspecified atom stereocenters. The Morgan fingerprint density at radius 2 is 2.00 bits per heavy atom. The van der Waals surface area contributed by atoms with Gasteiger partial charge in [0.25, 0.3) is 0 Å². The molecule has 2 aromatic rings. The van der Waals surface area contributed by atoms with Gasteiger partial charge in [-0.3, -0.25) is 4.68 Å². The third kappa shape index (κ3) is 3.08. The fourth-order valence-electron chi connectivity index (χ4n) is 2.36. The van der Waals surface area contributed by atoms with E-state index in [1.807, 2.05) is 38.6 Å². The van der Waals surface area contributed by atoms with E-state index < -0.39 is 0 Å². The maximum atomic E-state index is 5.92. The van der Waals surface area contributed by atoms with Crippen LogP contribution in [0.15, 0.2) is 12.1 Å². The van der Waals surface area contributed by atoms with Crippen molar-refractivity contribution in [2.24, 2.45) is 7.05 Å². The van der Waals surface area contributed by atoms with Crippen LogP contribution in [-0.4, -0.2) is 20.8 Å². The molecule has 0 spiro atoms. The highest BCUT2D eigenvalue weighted by atomic mass is 16.5. The largest absolute Gasteiger partial charge is 0.435 e. The first-order chi connectivity index (χ1) is 10.0. The molecule has 1 fully saturated rings. The summed E-state index contributed by atoms with van der Waals surface area (Å²) in [5.74, 6) is 1.43. The molecule has 1 saturated carbocycles. The second-order valence-electron chi connectivity index (χ2n) is 5.77. The summed E-state index contributed by atoms with van der Waals surface area (Å²) >= 11 is 0. The third-order valence-electron chi connectivity index (χ3n) is 3.98. The topological polar surface area (TPSA) is 52.0 Å². The highest BCUT2D eigenvalue weighted by Gasteiger charge is 2.20. The third-order valence-corrected chi connectivity index (χ3v) is 3.98. The van der Waals surface area contributed by atoms with Crippen LogP contribution in [0, 0.1) is 20.8 Å². The molecule has 3 rings (SSSR count). The van der Waals surface area contributed by atoms with Gasteiger partial charge in [0.1, 0.15) is 5.69 Å². The minimum Gasteiger partial charge on any atom is -0.435 e. The minimum absolute atomic E-state index is 0.627. The quantitative estimate of drug-likeness (QED) is 0.918. The number of nitrogens with zero attached hydrogens (tertiary/aromatic N) is 3. The van der Waals surface area contributed by atoms with Crippen molar-refractivity contribution in [2.75, 3.05) is 0 Å². The van der Waals surface area contributed by atoms with Crippen molar-refractivity contribution in [3.8, 4) is 11.6 Å². The molecule has 21 heavy (non-hydrogen) atoms.